The third-order valence-electron chi connectivity index (χ3n) is 2.34. The number of aromatic nitrogens is 3. The zero-order valence-electron chi connectivity index (χ0n) is 8.63. The lowest BCUT2D eigenvalue weighted by molar-refractivity contribution is 0.522. The van der Waals surface area contributed by atoms with Crippen molar-refractivity contribution in [1.29, 1.82) is 0 Å². The van der Waals surface area contributed by atoms with E-state index in [-0.39, 0.29) is 5.56 Å². The average molecular weight is 203 g/mol. The van der Waals surface area contributed by atoms with Crippen LogP contribution < -0.4 is 5.56 Å². The maximum atomic E-state index is 11.7. The molecule has 0 amide bonds. The standard InChI is InChI=1S/C11H13N3O/c1-10-4-2-6-13(11(10)15)8-9-14-7-3-5-12-14/h2-7H,8-9H2,1H3. The number of nitrogens with zero attached hydrogens (tertiary/aromatic N) is 3. The predicted molar refractivity (Wildman–Crippen MR) is 57.7 cm³/mol. The van der Waals surface area contributed by atoms with Gasteiger partial charge in [-0.25, -0.2) is 0 Å². The normalized spacial score (nSPS) is 10.5. The van der Waals surface area contributed by atoms with Crippen molar-refractivity contribution in [2.75, 3.05) is 0 Å². The second-order valence-electron chi connectivity index (χ2n) is 3.46. The van der Waals surface area contributed by atoms with Gasteiger partial charge in [-0.15, -0.1) is 0 Å². The predicted octanol–water partition coefficient (Wildman–Crippen LogP) is 1.05. The van der Waals surface area contributed by atoms with Crippen LogP contribution >= 0.6 is 0 Å². The van der Waals surface area contributed by atoms with Gasteiger partial charge in [0.25, 0.3) is 5.56 Å². The first-order valence-electron chi connectivity index (χ1n) is 4.91. The Hall–Kier alpha value is -1.84. The van der Waals surface area contributed by atoms with Gasteiger partial charge in [-0.3, -0.25) is 9.48 Å². The Balaban J connectivity index is 2.12. The van der Waals surface area contributed by atoms with Crippen LogP contribution in [-0.4, -0.2) is 14.3 Å². The Bertz CT molecular complexity index is 485. The molecule has 0 N–H and O–H groups in total. The Morgan fingerprint density at radius 2 is 2.13 bits per heavy atom. The van der Waals surface area contributed by atoms with Crippen molar-refractivity contribution in [3.05, 3.63) is 52.7 Å². The smallest absolute Gasteiger partial charge is 0.253 e. The summed E-state index contributed by atoms with van der Waals surface area (Å²) in [4.78, 5) is 11.7. The van der Waals surface area contributed by atoms with Crippen LogP contribution in [0.3, 0.4) is 0 Å². The molecule has 0 aliphatic heterocycles. The molecule has 0 fully saturated rings. The number of hydrogen-bond donors (Lipinski definition) is 0. The maximum absolute atomic E-state index is 11.7. The van der Waals surface area contributed by atoms with Crippen molar-refractivity contribution in [2.24, 2.45) is 0 Å². The lowest BCUT2D eigenvalue weighted by atomic mass is 10.3. The maximum Gasteiger partial charge on any atom is 0.253 e. The molecule has 0 radical (unpaired) electrons. The highest BCUT2D eigenvalue weighted by Gasteiger charge is 1.98. The SMILES string of the molecule is Cc1cccn(CCn2cccn2)c1=O. The van der Waals surface area contributed by atoms with Crippen LogP contribution in [0.4, 0.5) is 0 Å². The molecule has 0 atom stereocenters. The van der Waals surface area contributed by atoms with E-state index in [0.29, 0.717) is 6.54 Å². The van der Waals surface area contributed by atoms with Crippen LogP contribution in [0, 0.1) is 6.92 Å². The molecule has 0 aromatic carbocycles. The fraction of sp³-hybridized carbons (Fsp3) is 0.273. The van der Waals surface area contributed by atoms with Gasteiger partial charge in [0, 0.05) is 30.7 Å². The summed E-state index contributed by atoms with van der Waals surface area (Å²) in [6.07, 6.45) is 5.43. The van der Waals surface area contributed by atoms with Gasteiger partial charge < -0.3 is 4.57 Å². The second-order valence-corrected chi connectivity index (χ2v) is 3.46. The van der Waals surface area contributed by atoms with Gasteiger partial charge >= 0.3 is 0 Å². The summed E-state index contributed by atoms with van der Waals surface area (Å²) in [5, 5.41) is 4.08. The van der Waals surface area contributed by atoms with E-state index < -0.39 is 0 Å². The minimum absolute atomic E-state index is 0.0738. The highest BCUT2D eigenvalue weighted by atomic mass is 16.1. The molecule has 0 aliphatic rings. The molecule has 0 bridgehead atoms. The largest absolute Gasteiger partial charge is 0.313 e. The zero-order chi connectivity index (χ0) is 10.7. The number of hydrogen-bond acceptors (Lipinski definition) is 2. The molecule has 0 saturated carbocycles. The Morgan fingerprint density at radius 1 is 1.27 bits per heavy atom. The van der Waals surface area contributed by atoms with E-state index >= 15 is 0 Å². The van der Waals surface area contributed by atoms with Crippen molar-refractivity contribution in [3.63, 3.8) is 0 Å². The van der Waals surface area contributed by atoms with E-state index in [0.717, 1.165) is 12.1 Å². The molecule has 78 valence electrons. The van der Waals surface area contributed by atoms with Crippen LogP contribution in [-0.2, 0) is 13.1 Å². The first kappa shape index (κ1) is 9.71. The summed E-state index contributed by atoms with van der Waals surface area (Å²) in [7, 11) is 0. The summed E-state index contributed by atoms with van der Waals surface area (Å²) in [6, 6.07) is 5.59. The molecule has 15 heavy (non-hydrogen) atoms. The van der Waals surface area contributed by atoms with E-state index in [1.807, 2.05) is 36.0 Å². The summed E-state index contributed by atoms with van der Waals surface area (Å²) in [6.45, 7) is 3.20. The van der Waals surface area contributed by atoms with E-state index in [4.69, 9.17) is 0 Å². The Kier molecular flexibility index (Phi) is 2.67. The molecule has 2 aromatic heterocycles. The van der Waals surface area contributed by atoms with Crippen LogP contribution in [0.15, 0.2) is 41.6 Å². The van der Waals surface area contributed by atoms with Crippen molar-refractivity contribution in [2.45, 2.75) is 20.0 Å². The minimum Gasteiger partial charge on any atom is -0.313 e. The van der Waals surface area contributed by atoms with Gasteiger partial charge in [0.2, 0.25) is 0 Å². The van der Waals surface area contributed by atoms with E-state index in [9.17, 15) is 4.79 Å². The molecule has 2 aromatic rings. The highest BCUT2D eigenvalue weighted by molar-refractivity contribution is 5.07. The topological polar surface area (TPSA) is 39.8 Å². The summed E-state index contributed by atoms with van der Waals surface area (Å²) in [5.41, 5.74) is 0.850. The first-order chi connectivity index (χ1) is 7.27. The molecule has 0 unspecified atom stereocenters. The van der Waals surface area contributed by atoms with Gasteiger partial charge in [0.15, 0.2) is 0 Å². The second kappa shape index (κ2) is 4.13. The molecule has 0 saturated heterocycles. The number of pyridine rings is 1. The zero-order valence-corrected chi connectivity index (χ0v) is 8.63. The molecule has 0 aliphatic carbocycles. The summed E-state index contributed by atoms with van der Waals surface area (Å²) in [5.74, 6) is 0. The third kappa shape index (κ3) is 2.15. The molecule has 4 heteroatoms. The lowest BCUT2D eigenvalue weighted by Crippen LogP contribution is -2.23. The molecular formula is C11H13N3O. The van der Waals surface area contributed by atoms with Gasteiger partial charge in [0.1, 0.15) is 0 Å². The van der Waals surface area contributed by atoms with Gasteiger partial charge in [-0.1, -0.05) is 6.07 Å². The monoisotopic (exact) mass is 203 g/mol. The van der Waals surface area contributed by atoms with E-state index in [1.165, 1.54) is 0 Å². The molecule has 2 rings (SSSR count). The van der Waals surface area contributed by atoms with E-state index in [1.54, 1.807) is 17.0 Å². The average Bonchev–Trinajstić information content (AvgIpc) is 2.73. The summed E-state index contributed by atoms with van der Waals surface area (Å²) >= 11 is 0. The lowest BCUT2D eigenvalue weighted by Gasteiger charge is -2.06. The Labute approximate surface area is 87.8 Å². The third-order valence-corrected chi connectivity index (χ3v) is 2.34. The molecular weight excluding hydrogens is 190 g/mol. The van der Waals surface area contributed by atoms with Gasteiger partial charge in [-0.2, -0.15) is 5.10 Å². The van der Waals surface area contributed by atoms with E-state index in [2.05, 4.69) is 5.10 Å². The fourth-order valence-corrected chi connectivity index (χ4v) is 1.48. The van der Waals surface area contributed by atoms with Gasteiger partial charge in [-0.05, 0) is 19.1 Å². The van der Waals surface area contributed by atoms with Crippen molar-refractivity contribution in [1.82, 2.24) is 14.3 Å². The van der Waals surface area contributed by atoms with Crippen molar-refractivity contribution >= 4 is 0 Å². The van der Waals surface area contributed by atoms with Crippen molar-refractivity contribution < 1.29 is 0 Å². The van der Waals surface area contributed by atoms with Crippen LogP contribution in [0.2, 0.25) is 0 Å². The highest BCUT2D eigenvalue weighted by Crippen LogP contribution is 1.91. The van der Waals surface area contributed by atoms with Gasteiger partial charge in [0.05, 0.1) is 6.54 Å². The Morgan fingerprint density at radius 3 is 2.87 bits per heavy atom. The quantitative estimate of drug-likeness (QED) is 0.748. The summed E-state index contributed by atoms with van der Waals surface area (Å²) < 4.78 is 3.52. The molecule has 2 heterocycles. The van der Waals surface area contributed by atoms with Crippen LogP contribution in [0.25, 0.3) is 0 Å². The van der Waals surface area contributed by atoms with Crippen LogP contribution in [0.5, 0.6) is 0 Å². The molecule has 0 spiro atoms. The van der Waals surface area contributed by atoms with Crippen LogP contribution in [0.1, 0.15) is 5.56 Å². The molecule has 4 nitrogen and oxygen atoms in total. The fourth-order valence-electron chi connectivity index (χ4n) is 1.48. The number of rotatable bonds is 3. The minimum atomic E-state index is 0.0738. The number of aryl methyl sites for hydroxylation is 3. The van der Waals surface area contributed by atoms with Crippen molar-refractivity contribution in [3.8, 4) is 0 Å². The first-order valence-corrected chi connectivity index (χ1v) is 4.91.